The van der Waals surface area contributed by atoms with Crippen molar-refractivity contribution in [3.8, 4) is 34.1 Å². The Labute approximate surface area is 279 Å². The molecule has 2 aromatic carbocycles. The maximum atomic E-state index is 14.0. The maximum absolute atomic E-state index is 14.0. The summed E-state index contributed by atoms with van der Waals surface area (Å²) in [6.45, 7) is 4.93. The summed E-state index contributed by atoms with van der Waals surface area (Å²) in [4.78, 5) is 74.6. The van der Waals surface area contributed by atoms with Crippen LogP contribution in [-0.2, 0) is 47.7 Å². The first-order valence-electron chi connectivity index (χ1n) is 14.7. The zero-order chi connectivity index (χ0) is 36.0. The molecule has 1 saturated heterocycles. The summed E-state index contributed by atoms with van der Waals surface area (Å²) in [6.07, 6.45) is -6.37. The molecular formula is C33H34O16. The molecule has 2 heterocycles. The molecule has 4 rings (SSSR count). The molecule has 1 fully saturated rings. The first kappa shape index (κ1) is 36.2. The summed E-state index contributed by atoms with van der Waals surface area (Å²) < 4.78 is 55.4. The minimum absolute atomic E-state index is 0.0133. The highest BCUT2D eigenvalue weighted by atomic mass is 16.7. The molecule has 1 aliphatic heterocycles. The SMILES string of the molecule is COc1ccc(-c2coc3ccc(O[C@H]4O[C@@H](COC(C)=O)[C@H](OC(C)=O)[C@@H](OC(C)=O)[C@@H]4OC(C)=O)c(OC(C)=O)c3c2=O)cc1OC. The zero-order valence-electron chi connectivity index (χ0n) is 27.6. The molecule has 0 amide bonds. The summed E-state index contributed by atoms with van der Waals surface area (Å²) in [7, 11) is 2.89. The van der Waals surface area contributed by atoms with Gasteiger partial charge in [0.05, 0.1) is 19.8 Å². The van der Waals surface area contributed by atoms with Crippen LogP contribution in [0, 0.1) is 0 Å². The number of hydrogen-bond acceptors (Lipinski definition) is 16. The molecule has 16 heteroatoms. The highest BCUT2D eigenvalue weighted by Gasteiger charge is 2.53. The van der Waals surface area contributed by atoms with Crippen molar-refractivity contribution in [1.82, 2.24) is 0 Å². The fourth-order valence-corrected chi connectivity index (χ4v) is 5.12. The third kappa shape index (κ3) is 8.45. The fraction of sp³-hybridized carbons (Fsp3) is 0.394. The molecule has 262 valence electrons. The van der Waals surface area contributed by atoms with Crippen LogP contribution in [0.15, 0.2) is 45.8 Å². The molecule has 49 heavy (non-hydrogen) atoms. The van der Waals surface area contributed by atoms with E-state index < -0.39 is 72.6 Å². The second-order valence-electron chi connectivity index (χ2n) is 10.6. The molecule has 0 unspecified atom stereocenters. The van der Waals surface area contributed by atoms with Crippen LogP contribution < -0.4 is 24.4 Å². The Morgan fingerprint density at radius 3 is 1.92 bits per heavy atom. The van der Waals surface area contributed by atoms with E-state index in [2.05, 4.69) is 0 Å². The number of ether oxygens (including phenoxy) is 9. The summed E-state index contributed by atoms with van der Waals surface area (Å²) in [5, 5.41) is -0.203. The number of carbonyl (C=O) groups excluding carboxylic acids is 5. The summed E-state index contributed by atoms with van der Waals surface area (Å²) in [5.74, 6) is -3.97. The first-order valence-corrected chi connectivity index (χ1v) is 14.7. The highest BCUT2D eigenvalue weighted by molar-refractivity contribution is 5.91. The van der Waals surface area contributed by atoms with Crippen molar-refractivity contribution in [3.05, 3.63) is 46.8 Å². The summed E-state index contributed by atoms with van der Waals surface area (Å²) in [6, 6.07) is 7.41. The zero-order valence-corrected chi connectivity index (χ0v) is 27.6. The lowest BCUT2D eigenvalue weighted by molar-refractivity contribution is -0.288. The Morgan fingerprint density at radius 2 is 1.33 bits per heavy atom. The van der Waals surface area contributed by atoms with Crippen LogP contribution in [0.4, 0.5) is 0 Å². The minimum atomic E-state index is -1.69. The minimum Gasteiger partial charge on any atom is -0.493 e. The third-order valence-electron chi connectivity index (χ3n) is 6.99. The van der Waals surface area contributed by atoms with Crippen LogP contribution in [0.25, 0.3) is 22.1 Å². The van der Waals surface area contributed by atoms with Gasteiger partial charge in [-0.15, -0.1) is 0 Å². The number of benzene rings is 2. The van der Waals surface area contributed by atoms with E-state index >= 15 is 0 Å². The molecule has 1 aromatic heterocycles. The van der Waals surface area contributed by atoms with Crippen molar-refractivity contribution < 1.29 is 71.0 Å². The lowest BCUT2D eigenvalue weighted by atomic mass is 9.98. The van der Waals surface area contributed by atoms with Gasteiger partial charge < -0.3 is 47.0 Å². The summed E-state index contributed by atoms with van der Waals surface area (Å²) in [5.41, 5.74) is -0.171. The van der Waals surface area contributed by atoms with Crippen LogP contribution in [0.5, 0.6) is 23.0 Å². The van der Waals surface area contributed by atoms with E-state index in [-0.39, 0.29) is 28.0 Å². The van der Waals surface area contributed by atoms with Crippen molar-refractivity contribution in [3.63, 3.8) is 0 Å². The Kier molecular flexibility index (Phi) is 11.5. The maximum Gasteiger partial charge on any atom is 0.308 e. The molecule has 1 aliphatic rings. The van der Waals surface area contributed by atoms with Crippen LogP contribution in [0.3, 0.4) is 0 Å². The smallest absolute Gasteiger partial charge is 0.308 e. The molecule has 16 nitrogen and oxygen atoms in total. The monoisotopic (exact) mass is 686 g/mol. The van der Waals surface area contributed by atoms with Crippen molar-refractivity contribution in [1.29, 1.82) is 0 Å². The lowest BCUT2D eigenvalue weighted by Gasteiger charge is -2.44. The Hall–Kier alpha value is -5.64. The van der Waals surface area contributed by atoms with E-state index in [9.17, 15) is 28.8 Å². The number of hydrogen-bond donors (Lipinski definition) is 0. The number of fused-ring (bicyclic) bond motifs is 1. The summed E-state index contributed by atoms with van der Waals surface area (Å²) >= 11 is 0. The van der Waals surface area contributed by atoms with E-state index in [0.29, 0.717) is 17.1 Å². The standard InChI is InChI=1S/C33H34O16/c1-15(34)42-14-26-30(45-17(3)36)31(46-18(4)37)32(47-19(5)38)33(49-26)48-24-11-10-23-27(29(24)44-16(2)35)28(39)21(13-43-23)20-8-9-22(40-6)25(12-20)41-7/h8-13,26,30-33H,14H2,1-7H3/t26-,30-,31+,32-,33-/m0/s1. The van der Waals surface area contributed by atoms with Gasteiger partial charge in [0.2, 0.25) is 17.8 Å². The Bertz CT molecular complexity index is 1810. The predicted molar refractivity (Wildman–Crippen MR) is 165 cm³/mol. The Balaban J connectivity index is 1.88. The van der Waals surface area contributed by atoms with Crippen molar-refractivity contribution in [2.45, 2.75) is 65.3 Å². The molecule has 0 N–H and O–H groups in total. The van der Waals surface area contributed by atoms with Crippen molar-refractivity contribution >= 4 is 40.8 Å². The first-order chi connectivity index (χ1) is 23.2. The van der Waals surface area contributed by atoms with Gasteiger partial charge in [-0.05, 0) is 29.8 Å². The van der Waals surface area contributed by atoms with E-state index in [4.69, 9.17) is 47.0 Å². The number of rotatable bonds is 11. The Morgan fingerprint density at radius 1 is 0.714 bits per heavy atom. The van der Waals surface area contributed by atoms with Crippen LogP contribution >= 0.6 is 0 Å². The quantitative estimate of drug-likeness (QED) is 0.162. The molecule has 3 aromatic rings. The number of carbonyl (C=O) groups is 5. The number of esters is 5. The molecule has 0 spiro atoms. The van der Waals surface area contributed by atoms with Gasteiger partial charge in [-0.3, -0.25) is 28.8 Å². The van der Waals surface area contributed by atoms with Gasteiger partial charge in [-0.2, -0.15) is 0 Å². The van der Waals surface area contributed by atoms with Crippen molar-refractivity contribution in [2.75, 3.05) is 20.8 Å². The van der Waals surface area contributed by atoms with Gasteiger partial charge in [-0.25, -0.2) is 0 Å². The van der Waals surface area contributed by atoms with E-state index in [1.165, 1.54) is 32.6 Å². The lowest BCUT2D eigenvalue weighted by Crippen LogP contribution is -2.63. The van der Waals surface area contributed by atoms with Gasteiger partial charge >= 0.3 is 29.8 Å². The largest absolute Gasteiger partial charge is 0.493 e. The molecule has 5 atom stereocenters. The van der Waals surface area contributed by atoms with Crippen molar-refractivity contribution in [2.24, 2.45) is 0 Å². The number of methoxy groups -OCH3 is 2. The molecule has 0 radical (unpaired) electrons. The normalized spacial score (nSPS) is 20.0. The molecule has 0 saturated carbocycles. The van der Waals surface area contributed by atoms with Gasteiger partial charge in [-0.1, -0.05) is 6.07 Å². The van der Waals surface area contributed by atoms with Crippen LogP contribution in [-0.4, -0.2) is 81.4 Å². The average molecular weight is 687 g/mol. The molecular weight excluding hydrogens is 652 g/mol. The molecule has 0 bridgehead atoms. The van der Waals surface area contributed by atoms with E-state index in [0.717, 1.165) is 34.6 Å². The highest BCUT2D eigenvalue weighted by Crippen LogP contribution is 2.39. The second kappa shape index (κ2) is 15.5. The van der Waals surface area contributed by atoms with Gasteiger partial charge in [0.1, 0.15) is 29.9 Å². The van der Waals surface area contributed by atoms with Crippen LogP contribution in [0.1, 0.15) is 34.6 Å². The van der Waals surface area contributed by atoms with Gasteiger partial charge in [0, 0.05) is 34.6 Å². The fourth-order valence-electron chi connectivity index (χ4n) is 5.12. The van der Waals surface area contributed by atoms with Gasteiger partial charge in [0.15, 0.2) is 35.2 Å². The average Bonchev–Trinajstić information content (AvgIpc) is 3.02. The topological polar surface area (TPSA) is 199 Å². The van der Waals surface area contributed by atoms with E-state index in [1.807, 2.05) is 0 Å². The second-order valence-corrected chi connectivity index (χ2v) is 10.6. The third-order valence-corrected chi connectivity index (χ3v) is 6.99. The predicted octanol–water partition coefficient (Wildman–Crippen LogP) is 2.86. The van der Waals surface area contributed by atoms with E-state index in [1.54, 1.807) is 18.2 Å². The van der Waals surface area contributed by atoms with Crippen LogP contribution in [0.2, 0.25) is 0 Å². The van der Waals surface area contributed by atoms with Gasteiger partial charge in [0.25, 0.3) is 0 Å². The molecule has 0 aliphatic carbocycles.